The van der Waals surface area contributed by atoms with Gasteiger partial charge in [0.1, 0.15) is 11.3 Å². The van der Waals surface area contributed by atoms with Gasteiger partial charge in [-0.15, -0.1) is 0 Å². The van der Waals surface area contributed by atoms with Gasteiger partial charge < -0.3 is 14.5 Å². The third-order valence-corrected chi connectivity index (χ3v) is 5.18. The van der Waals surface area contributed by atoms with Crippen LogP contribution in [0.2, 0.25) is 0 Å². The lowest BCUT2D eigenvalue weighted by molar-refractivity contribution is 0.413. The average molecular weight is 296 g/mol. The summed E-state index contributed by atoms with van der Waals surface area (Å²) in [4.78, 5) is 4.35. The topological polar surface area (TPSA) is 81.4 Å². The molecule has 0 spiro atoms. The lowest BCUT2D eigenvalue weighted by Gasteiger charge is -2.07. The molecule has 1 aromatic heterocycles. The fourth-order valence-corrected chi connectivity index (χ4v) is 4.05. The first-order valence-electron chi connectivity index (χ1n) is 6.43. The Labute approximate surface area is 117 Å². The maximum atomic E-state index is 11.4. The van der Waals surface area contributed by atoms with Crippen LogP contribution in [0, 0.1) is 0 Å². The Hall–Kier alpha value is -1.60. The molecule has 1 unspecified atom stereocenters. The van der Waals surface area contributed by atoms with Crippen LogP contribution in [0.1, 0.15) is 12.3 Å². The van der Waals surface area contributed by atoms with E-state index in [0.717, 1.165) is 11.3 Å². The number of nitrogens with one attached hydrogen (secondary N) is 1. The van der Waals surface area contributed by atoms with Gasteiger partial charge in [-0.2, -0.15) is 0 Å². The predicted molar refractivity (Wildman–Crippen MR) is 74.5 cm³/mol. The fourth-order valence-electron chi connectivity index (χ4n) is 2.34. The summed E-state index contributed by atoms with van der Waals surface area (Å²) < 4.78 is 33.5. The maximum Gasteiger partial charge on any atom is 0.209 e. The molecule has 1 aliphatic rings. The van der Waals surface area contributed by atoms with Crippen molar-refractivity contribution in [1.29, 1.82) is 0 Å². The molecule has 0 saturated carbocycles. The molecule has 1 atom stereocenters. The summed E-state index contributed by atoms with van der Waals surface area (Å²) in [6.45, 7) is 0.428. The van der Waals surface area contributed by atoms with Crippen molar-refractivity contribution in [1.82, 2.24) is 10.3 Å². The number of rotatable bonds is 4. The molecule has 2 aromatic rings. The van der Waals surface area contributed by atoms with Gasteiger partial charge in [0.25, 0.3) is 0 Å². The smallest absolute Gasteiger partial charge is 0.209 e. The van der Waals surface area contributed by atoms with Crippen LogP contribution in [0.4, 0.5) is 0 Å². The molecule has 1 fully saturated rings. The molecule has 2 heterocycles. The van der Waals surface area contributed by atoms with Crippen molar-refractivity contribution in [3.8, 4) is 5.75 Å². The molecule has 1 aliphatic heterocycles. The first-order chi connectivity index (χ1) is 9.55. The van der Waals surface area contributed by atoms with Gasteiger partial charge >= 0.3 is 0 Å². The normalized spacial score (nSPS) is 21.4. The number of oxazole rings is 1. The zero-order chi connectivity index (χ0) is 14.2. The predicted octanol–water partition coefficient (Wildman–Crippen LogP) is 1.11. The summed E-state index contributed by atoms with van der Waals surface area (Å²) in [5.74, 6) is 1.73. The van der Waals surface area contributed by atoms with E-state index in [0.29, 0.717) is 24.4 Å². The Bertz CT molecular complexity index is 723. The van der Waals surface area contributed by atoms with Gasteiger partial charge in [0.05, 0.1) is 25.2 Å². The Morgan fingerprint density at radius 1 is 1.50 bits per heavy atom. The number of ether oxygens (including phenoxy) is 1. The maximum absolute atomic E-state index is 11.4. The van der Waals surface area contributed by atoms with Gasteiger partial charge in [-0.1, -0.05) is 0 Å². The van der Waals surface area contributed by atoms with E-state index in [2.05, 4.69) is 10.3 Å². The minimum Gasteiger partial charge on any atom is -0.497 e. The van der Waals surface area contributed by atoms with E-state index >= 15 is 0 Å². The molecule has 1 N–H and O–H groups in total. The van der Waals surface area contributed by atoms with Gasteiger partial charge in [-0.25, -0.2) is 13.4 Å². The molecule has 0 aliphatic carbocycles. The molecule has 7 heteroatoms. The highest BCUT2D eigenvalue weighted by Crippen LogP contribution is 2.21. The number of methoxy groups -OCH3 is 1. The van der Waals surface area contributed by atoms with Crippen molar-refractivity contribution < 1.29 is 17.6 Å². The third kappa shape index (κ3) is 2.78. The molecule has 0 bridgehead atoms. The highest BCUT2D eigenvalue weighted by molar-refractivity contribution is 7.91. The first-order valence-corrected chi connectivity index (χ1v) is 8.25. The summed E-state index contributed by atoms with van der Waals surface area (Å²) >= 11 is 0. The zero-order valence-electron chi connectivity index (χ0n) is 11.1. The summed E-state index contributed by atoms with van der Waals surface area (Å²) in [5, 5.41) is 3.18. The number of sulfone groups is 1. The second kappa shape index (κ2) is 5.06. The fraction of sp³-hybridized carbons (Fsp3) is 0.462. The van der Waals surface area contributed by atoms with Crippen LogP contribution in [-0.2, 0) is 16.4 Å². The quantitative estimate of drug-likeness (QED) is 0.910. The highest BCUT2D eigenvalue weighted by atomic mass is 32.2. The van der Waals surface area contributed by atoms with Gasteiger partial charge in [0.2, 0.25) is 5.89 Å². The Kier molecular flexibility index (Phi) is 3.39. The van der Waals surface area contributed by atoms with Crippen molar-refractivity contribution in [2.24, 2.45) is 0 Å². The molecule has 1 saturated heterocycles. The van der Waals surface area contributed by atoms with Crippen molar-refractivity contribution in [2.45, 2.75) is 19.0 Å². The van der Waals surface area contributed by atoms with Crippen LogP contribution >= 0.6 is 0 Å². The minimum atomic E-state index is -2.86. The Balaban J connectivity index is 1.69. The number of aromatic nitrogens is 1. The Morgan fingerprint density at radius 2 is 2.35 bits per heavy atom. The van der Waals surface area contributed by atoms with E-state index in [1.165, 1.54) is 0 Å². The van der Waals surface area contributed by atoms with Crippen molar-refractivity contribution in [3.63, 3.8) is 0 Å². The van der Waals surface area contributed by atoms with E-state index in [4.69, 9.17) is 9.15 Å². The largest absolute Gasteiger partial charge is 0.497 e. The number of hydrogen-bond acceptors (Lipinski definition) is 6. The van der Waals surface area contributed by atoms with Gasteiger partial charge in [-0.05, 0) is 18.6 Å². The number of hydrogen-bond donors (Lipinski definition) is 1. The van der Waals surface area contributed by atoms with Crippen molar-refractivity contribution in [3.05, 3.63) is 24.1 Å². The summed E-state index contributed by atoms with van der Waals surface area (Å²) in [5.41, 5.74) is 1.43. The number of nitrogens with zero attached hydrogens (tertiary/aromatic N) is 1. The van der Waals surface area contributed by atoms with E-state index in [9.17, 15) is 8.42 Å². The van der Waals surface area contributed by atoms with Crippen molar-refractivity contribution >= 4 is 20.9 Å². The summed E-state index contributed by atoms with van der Waals surface area (Å²) in [6.07, 6.45) is 0.649. The molecular formula is C13H16N2O4S. The summed E-state index contributed by atoms with van der Waals surface area (Å²) in [6, 6.07) is 5.43. The third-order valence-electron chi connectivity index (χ3n) is 3.41. The standard InChI is InChI=1S/C13H16N2O4S/c1-18-10-2-3-11-12(6-10)19-13(15-11)7-14-9-4-5-20(16,17)8-9/h2-3,6,9,14H,4-5,7-8H2,1H3. The molecule has 0 radical (unpaired) electrons. The monoisotopic (exact) mass is 296 g/mol. The van der Waals surface area contributed by atoms with E-state index in [-0.39, 0.29) is 17.5 Å². The van der Waals surface area contributed by atoms with E-state index in [1.807, 2.05) is 12.1 Å². The van der Waals surface area contributed by atoms with Gasteiger partial charge in [0.15, 0.2) is 15.4 Å². The Morgan fingerprint density at radius 3 is 3.05 bits per heavy atom. The SMILES string of the molecule is COc1ccc2nc(CNC3CCS(=O)(=O)C3)oc2c1. The van der Waals surface area contributed by atoms with E-state index in [1.54, 1.807) is 13.2 Å². The van der Waals surface area contributed by atoms with Crippen LogP contribution in [0.3, 0.4) is 0 Å². The van der Waals surface area contributed by atoms with Crippen LogP contribution in [0.15, 0.2) is 22.6 Å². The molecule has 3 rings (SSSR count). The number of fused-ring (bicyclic) bond motifs is 1. The van der Waals surface area contributed by atoms with Gasteiger partial charge in [-0.3, -0.25) is 0 Å². The first kappa shape index (κ1) is 13.4. The molecule has 20 heavy (non-hydrogen) atoms. The second-order valence-corrected chi connectivity index (χ2v) is 7.15. The molecular weight excluding hydrogens is 280 g/mol. The van der Waals surface area contributed by atoms with Crippen LogP contribution < -0.4 is 10.1 Å². The van der Waals surface area contributed by atoms with Gasteiger partial charge in [0, 0.05) is 12.1 Å². The van der Waals surface area contributed by atoms with Crippen LogP contribution in [-0.4, -0.2) is 38.1 Å². The molecule has 1 aromatic carbocycles. The average Bonchev–Trinajstić information content (AvgIpc) is 2.98. The highest BCUT2D eigenvalue weighted by Gasteiger charge is 2.27. The molecule has 108 valence electrons. The van der Waals surface area contributed by atoms with Crippen LogP contribution in [0.25, 0.3) is 11.1 Å². The van der Waals surface area contributed by atoms with E-state index < -0.39 is 9.84 Å². The van der Waals surface area contributed by atoms with Crippen molar-refractivity contribution in [2.75, 3.05) is 18.6 Å². The molecule has 0 amide bonds. The lowest BCUT2D eigenvalue weighted by Crippen LogP contribution is -2.29. The second-order valence-electron chi connectivity index (χ2n) is 4.92. The molecule has 6 nitrogen and oxygen atoms in total. The number of benzene rings is 1. The minimum absolute atomic E-state index is 0.00968. The van der Waals surface area contributed by atoms with Crippen LogP contribution in [0.5, 0.6) is 5.75 Å². The summed E-state index contributed by atoms with van der Waals surface area (Å²) in [7, 11) is -1.27. The lowest BCUT2D eigenvalue weighted by atomic mass is 10.3. The zero-order valence-corrected chi connectivity index (χ0v) is 11.9.